The van der Waals surface area contributed by atoms with Crippen molar-refractivity contribution in [2.75, 3.05) is 13.2 Å². The molecule has 5 nitrogen and oxygen atoms in total. The average molecular weight is 392 g/mol. The summed E-state index contributed by atoms with van der Waals surface area (Å²) < 4.78 is 16.6. The smallest absolute Gasteiger partial charge is 0.363 e. The zero-order valence-corrected chi connectivity index (χ0v) is 16.0. The number of carbonyl (C=O) groups is 1. The maximum atomic E-state index is 12.1. The molecule has 0 bridgehead atoms. The van der Waals surface area contributed by atoms with Gasteiger partial charge in [0.15, 0.2) is 17.2 Å². The number of ether oxygens (including phenoxy) is 3. The average Bonchev–Trinajstić information content (AvgIpc) is 3.25. The Morgan fingerprint density at radius 1 is 1.31 bits per heavy atom. The van der Waals surface area contributed by atoms with Gasteiger partial charge < -0.3 is 14.2 Å². The third kappa shape index (κ3) is 4.08. The van der Waals surface area contributed by atoms with E-state index in [1.165, 1.54) is 11.3 Å². The molecular formula is C19H18ClNO4S. The lowest BCUT2D eigenvalue weighted by Crippen LogP contribution is -2.03. The SMILES string of the molecule is CCCOc1c(Cl)cc(C=C2N=C(c3cccs3)OC2=O)cc1OCC. The summed E-state index contributed by atoms with van der Waals surface area (Å²) in [6.07, 6.45) is 2.49. The molecule has 2 aromatic rings. The summed E-state index contributed by atoms with van der Waals surface area (Å²) in [5.41, 5.74) is 0.902. The minimum Gasteiger partial charge on any atom is -0.490 e. The highest BCUT2D eigenvalue weighted by molar-refractivity contribution is 7.12. The molecule has 1 aromatic carbocycles. The van der Waals surface area contributed by atoms with Gasteiger partial charge >= 0.3 is 5.97 Å². The monoisotopic (exact) mass is 391 g/mol. The fourth-order valence-corrected chi connectivity index (χ4v) is 3.27. The lowest BCUT2D eigenvalue weighted by atomic mass is 10.1. The number of thiophene rings is 1. The molecule has 0 atom stereocenters. The number of cyclic esters (lactones) is 1. The Morgan fingerprint density at radius 2 is 2.15 bits per heavy atom. The number of hydrogen-bond acceptors (Lipinski definition) is 6. The van der Waals surface area contributed by atoms with Crippen molar-refractivity contribution in [2.24, 2.45) is 4.99 Å². The first-order valence-corrected chi connectivity index (χ1v) is 9.53. The zero-order valence-electron chi connectivity index (χ0n) is 14.5. The van der Waals surface area contributed by atoms with E-state index in [1.54, 1.807) is 18.2 Å². The molecule has 26 heavy (non-hydrogen) atoms. The predicted octanol–water partition coefficient (Wildman–Crippen LogP) is 4.93. The highest BCUT2D eigenvalue weighted by Crippen LogP contribution is 2.37. The Hall–Kier alpha value is -2.31. The number of rotatable bonds is 7. The van der Waals surface area contributed by atoms with E-state index in [2.05, 4.69) is 4.99 Å². The Morgan fingerprint density at radius 3 is 2.85 bits per heavy atom. The molecule has 1 aliphatic rings. The van der Waals surface area contributed by atoms with Crippen molar-refractivity contribution in [3.05, 3.63) is 50.8 Å². The van der Waals surface area contributed by atoms with Crippen molar-refractivity contribution in [1.29, 1.82) is 0 Å². The third-order valence-corrected chi connectivity index (χ3v) is 4.58. The van der Waals surface area contributed by atoms with Crippen LogP contribution in [0.15, 0.2) is 40.3 Å². The van der Waals surface area contributed by atoms with Crippen molar-refractivity contribution < 1.29 is 19.0 Å². The van der Waals surface area contributed by atoms with E-state index in [0.29, 0.717) is 41.2 Å². The van der Waals surface area contributed by atoms with Gasteiger partial charge in [0.25, 0.3) is 0 Å². The van der Waals surface area contributed by atoms with E-state index < -0.39 is 5.97 Å². The molecule has 0 N–H and O–H groups in total. The molecule has 0 amide bonds. The van der Waals surface area contributed by atoms with Gasteiger partial charge in [-0.1, -0.05) is 24.6 Å². The first kappa shape index (κ1) is 18.5. The van der Waals surface area contributed by atoms with Crippen LogP contribution in [0.4, 0.5) is 0 Å². The molecule has 0 fully saturated rings. The van der Waals surface area contributed by atoms with E-state index >= 15 is 0 Å². The summed E-state index contributed by atoms with van der Waals surface area (Å²) >= 11 is 7.81. The van der Waals surface area contributed by atoms with Gasteiger partial charge in [-0.25, -0.2) is 9.79 Å². The number of hydrogen-bond donors (Lipinski definition) is 0. The second kappa shape index (κ2) is 8.38. The van der Waals surface area contributed by atoms with Crippen LogP contribution in [0.1, 0.15) is 30.7 Å². The second-order valence-corrected chi connectivity index (χ2v) is 6.78. The number of esters is 1. The van der Waals surface area contributed by atoms with Crippen LogP contribution in [0.5, 0.6) is 11.5 Å². The summed E-state index contributed by atoms with van der Waals surface area (Å²) in [4.78, 5) is 17.2. The minimum atomic E-state index is -0.492. The Labute approximate surface area is 160 Å². The normalized spacial score (nSPS) is 15.1. The van der Waals surface area contributed by atoms with Crippen LogP contribution in [0.3, 0.4) is 0 Å². The second-order valence-electron chi connectivity index (χ2n) is 5.42. The van der Waals surface area contributed by atoms with Crippen LogP contribution < -0.4 is 9.47 Å². The largest absolute Gasteiger partial charge is 0.490 e. The molecule has 1 aliphatic heterocycles. The van der Waals surface area contributed by atoms with Gasteiger partial charge in [-0.05, 0) is 48.6 Å². The van der Waals surface area contributed by atoms with Crippen molar-refractivity contribution in [2.45, 2.75) is 20.3 Å². The number of aliphatic imine (C=N–C) groups is 1. The molecule has 7 heteroatoms. The first-order chi connectivity index (χ1) is 12.6. The number of nitrogens with zero attached hydrogens (tertiary/aromatic N) is 1. The number of benzene rings is 1. The summed E-state index contributed by atoms with van der Waals surface area (Å²) in [6, 6.07) is 7.22. The minimum absolute atomic E-state index is 0.217. The number of halogens is 1. The highest BCUT2D eigenvalue weighted by atomic mass is 35.5. The Kier molecular flexibility index (Phi) is 5.96. The molecule has 0 radical (unpaired) electrons. The maximum absolute atomic E-state index is 12.1. The molecule has 0 saturated heterocycles. The van der Waals surface area contributed by atoms with Crippen LogP contribution >= 0.6 is 22.9 Å². The molecule has 0 aliphatic carbocycles. The fourth-order valence-electron chi connectivity index (χ4n) is 2.35. The number of carbonyl (C=O) groups excluding carboxylic acids is 1. The predicted molar refractivity (Wildman–Crippen MR) is 103 cm³/mol. The van der Waals surface area contributed by atoms with Crippen LogP contribution in [-0.4, -0.2) is 25.1 Å². The topological polar surface area (TPSA) is 57.1 Å². The van der Waals surface area contributed by atoms with Crippen LogP contribution in [0, 0.1) is 0 Å². The quantitative estimate of drug-likeness (QED) is 0.495. The first-order valence-electron chi connectivity index (χ1n) is 8.28. The molecule has 3 rings (SSSR count). The summed E-state index contributed by atoms with van der Waals surface area (Å²) in [5.74, 6) is 0.868. The van der Waals surface area contributed by atoms with E-state index in [1.807, 2.05) is 31.4 Å². The van der Waals surface area contributed by atoms with E-state index in [0.717, 1.165) is 11.3 Å². The Balaban J connectivity index is 1.93. The summed E-state index contributed by atoms with van der Waals surface area (Å²) in [5, 5.41) is 2.32. The summed E-state index contributed by atoms with van der Waals surface area (Å²) in [7, 11) is 0. The van der Waals surface area contributed by atoms with Gasteiger partial charge in [0.05, 0.1) is 23.1 Å². The lowest BCUT2D eigenvalue weighted by Gasteiger charge is -2.14. The Bertz CT molecular complexity index is 859. The molecule has 2 heterocycles. The fraction of sp³-hybridized carbons (Fsp3) is 0.263. The van der Waals surface area contributed by atoms with E-state index in [9.17, 15) is 4.79 Å². The van der Waals surface area contributed by atoms with Gasteiger partial charge in [-0.3, -0.25) is 0 Å². The van der Waals surface area contributed by atoms with Gasteiger partial charge in [0.1, 0.15) is 0 Å². The highest BCUT2D eigenvalue weighted by Gasteiger charge is 2.25. The van der Waals surface area contributed by atoms with Crippen molar-refractivity contribution >= 4 is 40.9 Å². The van der Waals surface area contributed by atoms with Crippen LogP contribution in [0.2, 0.25) is 5.02 Å². The molecule has 0 saturated carbocycles. The zero-order chi connectivity index (χ0) is 18.5. The van der Waals surface area contributed by atoms with E-state index in [-0.39, 0.29) is 5.70 Å². The molecule has 136 valence electrons. The standard InChI is InChI=1S/C19H18ClNO4S/c1-3-7-24-17-13(20)9-12(11-15(17)23-4-2)10-14-19(22)25-18(21-14)16-6-5-8-26-16/h5-6,8-11H,3-4,7H2,1-2H3. The van der Waals surface area contributed by atoms with E-state index in [4.69, 9.17) is 25.8 Å². The van der Waals surface area contributed by atoms with Crippen molar-refractivity contribution in [3.63, 3.8) is 0 Å². The summed E-state index contributed by atoms with van der Waals surface area (Å²) in [6.45, 7) is 4.92. The van der Waals surface area contributed by atoms with Gasteiger partial charge in [-0.15, -0.1) is 11.3 Å². The van der Waals surface area contributed by atoms with Gasteiger partial charge in [0, 0.05) is 0 Å². The third-order valence-electron chi connectivity index (χ3n) is 3.44. The molecule has 0 spiro atoms. The van der Waals surface area contributed by atoms with Crippen molar-refractivity contribution in [3.8, 4) is 11.5 Å². The maximum Gasteiger partial charge on any atom is 0.363 e. The molecule has 0 unspecified atom stereocenters. The van der Waals surface area contributed by atoms with Gasteiger partial charge in [0.2, 0.25) is 5.90 Å². The molecule has 1 aromatic heterocycles. The van der Waals surface area contributed by atoms with Crippen LogP contribution in [0.25, 0.3) is 6.08 Å². The van der Waals surface area contributed by atoms with Gasteiger partial charge in [-0.2, -0.15) is 0 Å². The van der Waals surface area contributed by atoms with Crippen molar-refractivity contribution in [1.82, 2.24) is 0 Å². The lowest BCUT2D eigenvalue weighted by molar-refractivity contribution is -0.129. The molecular weight excluding hydrogens is 374 g/mol. The van der Waals surface area contributed by atoms with Crippen LogP contribution in [-0.2, 0) is 9.53 Å².